The van der Waals surface area contributed by atoms with Crippen LogP contribution >= 0.6 is 11.3 Å². The number of carbonyl (C=O) groups is 2. The van der Waals surface area contributed by atoms with E-state index in [1.807, 2.05) is 22.4 Å². The van der Waals surface area contributed by atoms with Gasteiger partial charge in [-0.2, -0.15) is 0 Å². The van der Waals surface area contributed by atoms with E-state index in [4.69, 9.17) is 9.47 Å². The average Bonchev–Trinajstić information content (AvgIpc) is 3.55. The number of carbonyl (C=O) groups excluding carboxylic acids is 2. The number of fused-ring (bicyclic) bond motifs is 1. The number of anilines is 1. The number of benzene rings is 1. The van der Waals surface area contributed by atoms with Crippen LogP contribution in [-0.4, -0.2) is 66.0 Å². The van der Waals surface area contributed by atoms with E-state index in [0.29, 0.717) is 31.4 Å². The van der Waals surface area contributed by atoms with Crippen molar-refractivity contribution in [3.63, 3.8) is 0 Å². The molecule has 3 heterocycles. The molecule has 1 aliphatic carbocycles. The minimum absolute atomic E-state index is 0.0429. The monoisotopic (exact) mass is 442 g/mol. The zero-order valence-corrected chi connectivity index (χ0v) is 18.2. The topological polar surface area (TPSA) is 84.0 Å². The minimum Gasteiger partial charge on any atom is -0.486 e. The van der Waals surface area contributed by atoms with E-state index in [9.17, 15) is 9.59 Å². The fourth-order valence-corrected chi connectivity index (χ4v) is 4.58. The first-order chi connectivity index (χ1) is 15.1. The smallest absolute Gasteiger partial charge is 0.229 e. The van der Waals surface area contributed by atoms with Crippen molar-refractivity contribution in [3.05, 3.63) is 34.8 Å². The first-order valence-electron chi connectivity index (χ1n) is 10.8. The molecule has 1 N–H and O–H groups in total. The lowest BCUT2D eigenvalue weighted by Gasteiger charge is -2.34. The van der Waals surface area contributed by atoms with Gasteiger partial charge in [-0.25, -0.2) is 4.98 Å². The molecule has 3 aliphatic rings. The van der Waals surface area contributed by atoms with Gasteiger partial charge in [0.25, 0.3) is 0 Å². The van der Waals surface area contributed by atoms with Gasteiger partial charge in [-0.1, -0.05) is 6.07 Å². The number of hydrogen-bond donors (Lipinski definition) is 1. The highest BCUT2D eigenvalue weighted by molar-refractivity contribution is 7.13. The Bertz CT molecular complexity index is 966. The molecule has 31 heavy (non-hydrogen) atoms. The summed E-state index contributed by atoms with van der Waals surface area (Å²) in [6.07, 6.45) is 2.20. The second-order valence-electron chi connectivity index (χ2n) is 8.22. The highest BCUT2D eigenvalue weighted by Gasteiger charge is 2.30. The van der Waals surface area contributed by atoms with Gasteiger partial charge in [-0.05, 0) is 30.5 Å². The Kier molecular flexibility index (Phi) is 5.78. The number of thiazole rings is 1. The number of hydrogen-bond acceptors (Lipinski definition) is 7. The number of piperazine rings is 1. The van der Waals surface area contributed by atoms with Crippen LogP contribution in [0.5, 0.6) is 11.5 Å². The standard InChI is InChI=1S/C22H26N4O4S/c27-20(12-17-14-31-22(23-17)24-21(28)16-2-3-16)26-7-5-25(6-8-26)13-15-1-4-18-19(11-15)30-10-9-29-18/h1,4,11,14,16H,2-3,5-10,12-13H2,(H,23,24,28). The fraction of sp³-hybridized carbons (Fsp3) is 0.500. The molecule has 0 unspecified atom stereocenters. The quantitative estimate of drug-likeness (QED) is 0.738. The molecule has 1 saturated heterocycles. The van der Waals surface area contributed by atoms with Crippen LogP contribution in [0.4, 0.5) is 5.13 Å². The van der Waals surface area contributed by atoms with E-state index in [-0.39, 0.29) is 24.2 Å². The largest absolute Gasteiger partial charge is 0.486 e. The maximum Gasteiger partial charge on any atom is 0.229 e. The van der Waals surface area contributed by atoms with E-state index < -0.39 is 0 Å². The molecule has 5 rings (SSSR count). The predicted octanol–water partition coefficient (Wildman–Crippen LogP) is 2.15. The van der Waals surface area contributed by atoms with Crippen LogP contribution in [0, 0.1) is 5.92 Å². The van der Waals surface area contributed by atoms with Gasteiger partial charge >= 0.3 is 0 Å². The summed E-state index contributed by atoms with van der Waals surface area (Å²) in [4.78, 5) is 33.2. The summed E-state index contributed by atoms with van der Waals surface area (Å²) >= 11 is 1.38. The van der Waals surface area contributed by atoms with E-state index >= 15 is 0 Å². The maximum atomic E-state index is 12.7. The van der Waals surface area contributed by atoms with Crippen molar-refractivity contribution in [2.75, 3.05) is 44.7 Å². The molecule has 9 heteroatoms. The summed E-state index contributed by atoms with van der Waals surface area (Å²) in [5.74, 6) is 1.90. The molecule has 0 atom stereocenters. The van der Waals surface area contributed by atoms with Crippen molar-refractivity contribution >= 4 is 28.3 Å². The van der Waals surface area contributed by atoms with Crippen molar-refractivity contribution in [1.29, 1.82) is 0 Å². The Morgan fingerprint density at radius 3 is 2.65 bits per heavy atom. The maximum absolute atomic E-state index is 12.7. The SMILES string of the molecule is O=C(Nc1nc(CC(=O)N2CCN(Cc3ccc4c(c3)OCCO4)CC2)cs1)C1CC1. The fourth-order valence-electron chi connectivity index (χ4n) is 3.87. The van der Waals surface area contributed by atoms with Gasteiger partial charge in [0.15, 0.2) is 16.6 Å². The van der Waals surface area contributed by atoms with Crippen molar-refractivity contribution in [2.45, 2.75) is 25.8 Å². The summed E-state index contributed by atoms with van der Waals surface area (Å²) in [6, 6.07) is 6.10. The van der Waals surface area contributed by atoms with Gasteiger partial charge in [0, 0.05) is 44.0 Å². The van der Waals surface area contributed by atoms with Crippen molar-refractivity contribution < 1.29 is 19.1 Å². The summed E-state index contributed by atoms with van der Waals surface area (Å²) in [5.41, 5.74) is 1.91. The molecule has 1 aromatic heterocycles. The number of ether oxygens (including phenoxy) is 2. The van der Waals surface area contributed by atoms with Gasteiger partial charge in [0.2, 0.25) is 11.8 Å². The molecule has 2 amide bonds. The predicted molar refractivity (Wildman–Crippen MR) is 116 cm³/mol. The number of nitrogens with one attached hydrogen (secondary N) is 1. The third kappa shape index (κ3) is 4.99. The summed E-state index contributed by atoms with van der Waals surface area (Å²) in [7, 11) is 0. The zero-order chi connectivity index (χ0) is 21.2. The van der Waals surface area contributed by atoms with E-state index in [0.717, 1.165) is 49.7 Å². The Labute approximate surface area is 185 Å². The minimum atomic E-state index is 0.0429. The molecular formula is C22H26N4O4S. The van der Waals surface area contributed by atoms with Crippen LogP contribution in [0.3, 0.4) is 0 Å². The number of aromatic nitrogens is 1. The van der Waals surface area contributed by atoms with Crippen LogP contribution in [0.25, 0.3) is 0 Å². The molecule has 1 saturated carbocycles. The second kappa shape index (κ2) is 8.84. The Hall–Kier alpha value is -2.65. The molecule has 2 fully saturated rings. The zero-order valence-electron chi connectivity index (χ0n) is 17.3. The van der Waals surface area contributed by atoms with E-state index in [1.54, 1.807) is 0 Å². The second-order valence-corrected chi connectivity index (χ2v) is 9.08. The molecule has 2 aliphatic heterocycles. The van der Waals surface area contributed by atoms with Crippen LogP contribution in [0.2, 0.25) is 0 Å². The normalized spacial score (nSPS) is 18.6. The highest BCUT2D eigenvalue weighted by Crippen LogP contribution is 2.32. The van der Waals surface area contributed by atoms with Gasteiger partial charge < -0.3 is 19.7 Å². The lowest BCUT2D eigenvalue weighted by Crippen LogP contribution is -2.48. The summed E-state index contributed by atoms with van der Waals surface area (Å²) < 4.78 is 11.3. The third-order valence-corrected chi connectivity index (χ3v) is 6.61. The van der Waals surface area contributed by atoms with Crippen LogP contribution in [-0.2, 0) is 22.6 Å². The first-order valence-corrected chi connectivity index (χ1v) is 11.7. The summed E-state index contributed by atoms with van der Waals surface area (Å²) in [6.45, 7) is 5.09. The molecule has 0 radical (unpaired) electrons. The Balaban J connectivity index is 1.09. The van der Waals surface area contributed by atoms with Crippen LogP contribution in [0.1, 0.15) is 24.1 Å². The molecule has 0 bridgehead atoms. The van der Waals surface area contributed by atoms with Crippen molar-refractivity contribution in [3.8, 4) is 11.5 Å². The van der Waals surface area contributed by atoms with E-state index in [2.05, 4.69) is 21.3 Å². The van der Waals surface area contributed by atoms with E-state index in [1.165, 1.54) is 16.9 Å². The number of rotatable bonds is 6. The lowest BCUT2D eigenvalue weighted by atomic mass is 10.1. The van der Waals surface area contributed by atoms with Gasteiger partial charge in [-0.3, -0.25) is 14.5 Å². The number of amides is 2. The highest BCUT2D eigenvalue weighted by atomic mass is 32.1. The lowest BCUT2D eigenvalue weighted by molar-refractivity contribution is -0.132. The van der Waals surface area contributed by atoms with Crippen LogP contribution < -0.4 is 14.8 Å². The molecule has 1 aromatic carbocycles. The third-order valence-electron chi connectivity index (χ3n) is 5.80. The molecule has 164 valence electrons. The Morgan fingerprint density at radius 1 is 1.10 bits per heavy atom. The van der Waals surface area contributed by atoms with Gasteiger partial charge in [0.1, 0.15) is 13.2 Å². The average molecular weight is 443 g/mol. The number of nitrogens with zero attached hydrogens (tertiary/aromatic N) is 3. The summed E-state index contributed by atoms with van der Waals surface area (Å²) in [5, 5.41) is 5.29. The van der Waals surface area contributed by atoms with Gasteiger partial charge in [0.05, 0.1) is 12.1 Å². The molecular weight excluding hydrogens is 416 g/mol. The molecule has 8 nitrogen and oxygen atoms in total. The molecule has 2 aromatic rings. The van der Waals surface area contributed by atoms with Gasteiger partial charge in [-0.15, -0.1) is 11.3 Å². The first kappa shape index (κ1) is 20.3. The Morgan fingerprint density at radius 2 is 1.87 bits per heavy atom. The van der Waals surface area contributed by atoms with Crippen molar-refractivity contribution in [1.82, 2.24) is 14.8 Å². The van der Waals surface area contributed by atoms with Crippen LogP contribution in [0.15, 0.2) is 23.6 Å². The molecule has 0 spiro atoms. The van der Waals surface area contributed by atoms with Crippen molar-refractivity contribution in [2.24, 2.45) is 5.92 Å².